The van der Waals surface area contributed by atoms with Gasteiger partial charge in [-0.2, -0.15) is 0 Å². The number of hydrogen-bond acceptors (Lipinski definition) is 6. The van der Waals surface area contributed by atoms with E-state index in [1.165, 1.54) is 0 Å². The average molecular weight is 299 g/mol. The molecule has 0 bridgehead atoms. The number of aliphatic hydroxyl groups is 1. The molecule has 1 saturated heterocycles. The van der Waals surface area contributed by atoms with Gasteiger partial charge in [-0.15, -0.1) is 0 Å². The summed E-state index contributed by atoms with van der Waals surface area (Å²) in [6, 6.07) is 7.63. The Bertz CT molecular complexity index is 684. The Labute approximate surface area is 128 Å². The summed E-state index contributed by atoms with van der Waals surface area (Å²) >= 11 is 0. The highest BCUT2D eigenvalue weighted by atomic mass is 16.7. The lowest BCUT2D eigenvalue weighted by molar-refractivity contribution is 0.145. The van der Waals surface area contributed by atoms with E-state index in [-0.39, 0.29) is 12.9 Å². The first-order valence-corrected chi connectivity index (χ1v) is 7.46. The van der Waals surface area contributed by atoms with Gasteiger partial charge in [0.05, 0.1) is 6.10 Å². The number of hydrogen-bond donors (Lipinski definition) is 1. The Balaban J connectivity index is 1.61. The van der Waals surface area contributed by atoms with Crippen molar-refractivity contribution in [1.82, 2.24) is 9.97 Å². The molecule has 1 aromatic heterocycles. The molecular weight excluding hydrogens is 282 g/mol. The maximum atomic E-state index is 9.61. The Morgan fingerprint density at radius 2 is 1.91 bits per heavy atom. The normalized spacial score (nSPS) is 17.8. The summed E-state index contributed by atoms with van der Waals surface area (Å²) in [5.74, 6) is 3.05. The maximum absolute atomic E-state index is 9.61. The topological polar surface area (TPSA) is 67.7 Å². The molecule has 114 valence electrons. The van der Waals surface area contributed by atoms with Crippen LogP contribution in [0.2, 0.25) is 0 Å². The van der Waals surface area contributed by atoms with Crippen LogP contribution in [0.5, 0.6) is 11.5 Å². The zero-order chi connectivity index (χ0) is 14.9. The monoisotopic (exact) mass is 299 g/mol. The fraction of sp³-hybridized carbons (Fsp3) is 0.375. The van der Waals surface area contributed by atoms with Crippen molar-refractivity contribution in [1.29, 1.82) is 0 Å². The van der Waals surface area contributed by atoms with Crippen molar-refractivity contribution < 1.29 is 14.6 Å². The molecule has 2 aliphatic rings. The van der Waals surface area contributed by atoms with Gasteiger partial charge in [0.25, 0.3) is 0 Å². The van der Waals surface area contributed by atoms with Crippen LogP contribution in [-0.2, 0) is 0 Å². The quantitative estimate of drug-likeness (QED) is 0.912. The van der Waals surface area contributed by atoms with E-state index in [9.17, 15) is 5.11 Å². The summed E-state index contributed by atoms with van der Waals surface area (Å²) in [7, 11) is 0. The van der Waals surface area contributed by atoms with Crippen molar-refractivity contribution in [2.45, 2.75) is 18.9 Å². The largest absolute Gasteiger partial charge is 0.454 e. The fourth-order valence-corrected chi connectivity index (χ4v) is 2.79. The van der Waals surface area contributed by atoms with Crippen LogP contribution in [0, 0.1) is 0 Å². The third-order valence-corrected chi connectivity index (χ3v) is 4.06. The lowest BCUT2D eigenvalue weighted by Gasteiger charge is -2.30. The second-order valence-electron chi connectivity index (χ2n) is 5.52. The van der Waals surface area contributed by atoms with E-state index in [2.05, 4.69) is 14.9 Å². The molecule has 2 aliphatic heterocycles. The molecule has 4 rings (SSSR count). The Kier molecular flexibility index (Phi) is 3.31. The minimum atomic E-state index is -0.189. The summed E-state index contributed by atoms with van der Waals surface area (Å²) in [4.78, 5) is 11.2. The van der Waals surface area contributed by atoms with Crippen LogP contribution < -0.4 is 14.4 Å². The highest BCUT2D eigenvalue weighted by molar-refractivity contribution is 5.62. The molecular formula is C16H17N3O3. The van der Waals surface area contributed by atoms with E-state index < -0.39 is 0 Å². The molecule has 1 aromatic carbocycles. The summed E-state index contributed by atoms with van der Waals surface area (Å²) in [6.45, 7) is 1.90. The first kappa shape index (κ1) is 13.3. The van der Waals surface area contributed by atoms with Gasteiger partial charge in [-0.05, 0) is 37.1 Å². The summed E-state index contributed by atoms with van der Waals surface area (Å²) < 4.78 is 10.7. The lowest BCUT2D eigenvalue weighted by atomic mass is 10.1. The molecule has 6 heteroatoms. The maximum Gasteiger partial charge on any atom is 0.231 e. The number of anilines is 1. The summed E-state index contributed by atoms with van der Waals surface area (Å²) in [5, 5.41) is 9.61. The Morgan fingerprint density at radius 3 is 2.77 bits per heavy atom. The number of aromatic nitrogens is 2. The fourth-order valence-electron chi connectivity index (χ4n) is 2.79. The van der Waals surface area contributed by atoms with E-state index >= 15 is 0 Å². The van der Waals surface area contributed by atoms with Gasteiger partial charge in [0.2, 0.25) is 6.79 Å². The number of benzene rings is 1. The van der Waals surface area contributed by atoms with Crippen LogP contribution in [0.3, 0.4) is 0 Å². The van der Waals surface area contributed by atoms with Crippen LogP contribution in [0.15, 0.2) is 30.5 Å². The van der Waals surface area contributed by atoms with Gasteiger partial charge in [-0.25, -0.2) is 9.97 Å². The number of ether oxygens (including phenoxy) is 2. The summed E-state index contributed by atoms with van der Waals surface area (Å²) in [6.07, 6.45) is 3.14. The van der Waals surface area contributed by atoms with Gasteiger partial charge < -0.3 is 19.5 Å². The number of fused-ring (bicyclic) bond motifs is 1. The van der Waals surface area contributed by atoms with Crippen molar-refractivity contribution in [3.05, 3.63) is 30.5 Å². The molecule has 0 spiro atoms. The van der Waals surface area contributed by atoms with Gasteiger partial charge in [0, 0.05) is 24.8 Å². The van der Waals surface area contributed by atoms with Gasteiger partial charge in [-0.3, -0.25) is 0 Å². The van der Waals surface area contributed by atoms with Crippen molar-refractivity contribution in [2.24, 2.45) is 0 Å². The van der Waals surface area contributed by atoms with Crippen LogP contribution in [0.25, 0.3) is 11.4 Å². The minimum absolute atomic E-state index is 0.189. The molecule has 2 aromatic rings. The van der Waals surface area contributed by atoms with Gasteiger partial charge in [0.15, 0.2) is 17.3 Å². The molecule has 0 unspecified atom stereocenters. The molecule has 1 N–H and O–H groups in total. The molecule has 22 heavy (non-hydrogen) atoms. The van der Waals surface area contributed by atoms with E-state index in [1.807, 2.05) is 24.3 Å². The highest BCUT2D eigenvalue weighted by Gasteiger charge is 2.19. The van der Waals surface area contributed by atoms with Crippen molar-refractivity contribution in [2.75, 3.05) is 24.8 Å². The molecule has 0 aliphatic carbocycles. The molecule has 1 fully saturated rings. The first-order valence-electron chi connectivity index (χ1n) is 7.46. The predicted molar refractivity (Wildman–Crippen MR) is 81.0 cm³/mol. The number of nitrogens with zero attached hydrogens (tertiary/aromatic N) is 3. The lowest BCUT2D eigenvalue weighted by Crippen LogP contribution is -2.36. The first-order chi connectivity index (χ1) is 10.8. The summed E-state index contributed by atoms with van der Waals surface area (Å²) in [5.41, 5.74) is 0.906. The number of rotatable bonds is 2. The smallest absolute Gasteiger partial charge is 0.231 e. The molecule has 0 amide bonds. The van der Waals surface area contributed by atoms with Crippen LogP contribution >= 0.6 is 0 Å². The van der Waals surface area contributed by atoms with Gasteiger partial charge >= 0.3 is 0 Å². The second-order valence-corrected chi connectivity index (χ2v) is 5.52. The highest BCUT2D eigenvalue weighted by Crippen LogP contribution is 2.35. The van der Waals surface area contributed by atoms with Crippen molar-refractivity contribution in [3.63, 3.8) is 0 Å². The zero-order valence-electron chi connectivity index (χ0n) is 12.1. The standard InChI is InChI=1S/C16H17N3O3/c20-12-4-7-19(8-5-12)15-3-6-17-16(18-15)11-1-2-13-14(9-11)22-10-21-13/h1-3,6,9,12,20H,4-5,7-8,10H2. The Hall–Kier alpha value is -2.34. The Morgan fingerprint density at radius 1 is 1.09 bits per heavy atom. The second kappa shape index (κ2) is 5.46. The predicted octanol–water partition coefficient (Wildman–Crippen LogP) is 1.83. The molecule has 0 radical (unpaired) electrons. The zero-order valence-corrected chi connectivity index (χ0v) is 12.1. The molecule has 0 atom stereocenters. The average Bonchev–Trinajstić information content (AvgIpc) is 3.03. The van der Waals surface area contributed by atoms with E-state index in [0.29, 0.717) is 5.82 Å². The molecule has 0 saturated carbocycles. The molecule has 6 nitrogen and oxygen atoms in total. The van der Waals surface area contributed by atoms with E-state index in [0.717, 1.165) is 48.8 Å². The van der Waals surface area contributed by atoms with Crippen LogP contribution in [0.1, 0.15) is 12.8 Å². The molecule has 3 heterocycles. The third kappa shape index (κ3) is 2.46. The van der Waals surface area contributed by atoms with Gasteiger partial charge in [-0.1, -0.05) is 0 Å². The minimum Gasteiger partial charge on any atom is -0.454 e. The SMILES string of the molecule is OC1CCN(c2ccnc(-c3ccc4c(c3)OCO4)n2)CC1. The van der Waals surface area contributed by atoms with E-state index in [4.69, 9.17) is 9.47 Å². The van der Waals surface area contributed by atoms with Crippen molar-refractivity contribution in [3.8, 4) is 22.9 Å². The van der Waals surface area contributed by atoms with Crippen LogP contribution in [-0.4, -0.2) is 41.1 Å². The third-order valence-electron chi connectivity index (χ3n) is 4.06. The number of aliphatic hydroxyl groups excluding tert-OH is 1. The van der Waals surface area contributed by atoms with Crippen LogP contribution in [0.4, 0.5) is 5.82 Å². The number of piperidine rings is 1. The van der Waals surface area contributed by atoms with Crippen molar-refractivity contribution >= 4 is 5.82 Å². The van der Waals surface area contributed by atoms with Gasteiger partial charge in [0.1, 0.15) is 5.82 Å². The van der Waals surface area contributed by atoms with E-state index in [1.54, 1.807) is 6.20 Å².